The minimum atomic E-state index is -0.0689. The van der Waals surface area contributed by atoms with Crippen LogP contribution in [0.25, 0.3) is 0 Å². The molecule has 138 valence electrons. The first-order valence-electron chi connectivity index (χ1n) is 10.1. The molecular formula is C20H41NO2. The molecule has 23 heavy (non-hydrogen) atoms. The lowest BCUT2D eigenvalue weighted by atomic mass is 10.0. The smallest absolute Gasteiger partial charge is 0.305 e. The summed E-state index contributed by atoms with van der Waals surface area (Å²) in [5, 5.41) is 0. The highest BCUT2D eigenvalue weighted by atomic mass is 16.5. The average molecular weight is 328 g/mol. The second-order valence-electron chi connectivity index (χ2n) is 6.77. The van der Waals surface area contributed by atoms with Crippen molar-refractivity contribution in [2.24, 2.45) is 5.73 Å². The highest BCUT2D eigenvalue weighted by Crippen LogP contribution is 2.14. The van der Waals surface area contributed by atoms with Crippen molar-refractivity contribution in [1.82, 2.24) is 0 Å². The van der Waals surface area contributed by atoms with Gasteiger partial charge in [-0.3, -0.25) is 4.79 Å². The van der Waals surface area contributed by atoms with Gasteiger partial charge in [-0.2, -0.15) is 0 Å². The quantitative estimate of drug-likeness (QED) is 0.257. The predicted octanol–water partition coefficient (Wildman–Crippen LogP) is 5.75. The van der Waals surface area contributed by atoms with Crippen molar-refractivity contribution >= 4 is 5.97 Å². The molecule has 3 heteroatoms. The van der Waals surface area contributed by atoms with Gasteiger partial charge in [0.1, 0.15) is 0 Å². The Morgan fingerprint density at radius 3 is 1.22 bits per heavy atom. The minimum Gasteiger partial charge on any atom is -0.469 e. The largest absolute Gasteiger partial charge is 0.469 e. The highest BCUT2D eigenvalue weighted by molar-refractivity contribution is 5.68. The van der Waals surface area contributed by atoms with Gasteiger partial charge in [0.05, 0.1) is 7.11 Å². The third-order valence-electron chi connectivity index (χ3n) is 4.56. The van der Waals surface area contributed by atoms with Gasteiger partial charge < -0.3 is 10.5 Å². The zero-order chi connectivity index (χ0) is 17.0. The first-order valence-corrected chi connectivity index (χ1v) is 10.1. The number of nitrogens with two attached hydrogens (primary N) is 1. The maximum atomic E-state index is 10.9. The molecule has 0 unspecified atom stereocenters. The Labute approximate surface area is 144 Å². The van der Waals surface area contributed by atoms with Crippen LogP contribution in [0.2, 0.25) is 0 Å². The van der Waals surface area contributed by atoms with Gasteiger partial charge in [0.2, 0.25) is 0 Å². The first kappa shape index (κ1) is 22.4. The molecule has 0 aromatic rings. The molecule has 0 fully saturated rings. The molecule has 3 nitrogen and oxygen atoms in total. The fourth-order valence-electron chi connectivity index (χ4n) is 2.99. The van der Waals surface area contributed by atoms with Gasteiger partial charge >= 0.3 is 5.97 Å². The van der Waals surface area contributed by atoms with Crippen LogP contribution in [0.5, 0.6) is 0 Å². The molecule has 0 aromatic carbocycles. The maximum absolute atomic E-state index is 10.9. The van der Waals surface area contributed by atoms with Crippen LogP contribution in [0.3, 0.4) is 0 Å². The van der Waals surface area contributed by atoms with Gasteiger partial charge in [0, 0.05) is 6.42 Å². The molecule has 0 radical (unpaired) electrons. The lowest BCUT2D eigenvalue weighted by Crippen LogP contribution is -1.99. The van der Waals surface area contributed by atoms with Crippen LogP contribution in [0.15, 0.2) is 0 Å². The molecule has 0 aliphatic carbocycles. The Kier molecular flexibility index (Phi) is 19.0. The molecule has 0 amide bonds. The van der Waals surface area contributed by atoms with E-state index in [0.29, 0.717) is 6.42 Å². The monoisotopic (exact) mass is 327 g/mol. The number of carbonyl (C=O) groups is 1. The summed E-state index contributed by atoms with van der Waals surface area (Å²) in [7, 11) is 1.46. The lowest BCUT2D eigenvalue weighted by Gasteiger charge is -2.03. The SMILES string of the molecule is COC(=O)CCCCCCCCCCCCCCCCCCN. The van der Waals surface area contributed by atoms with Crippen molar-refractivity contribution in [3.63, 3.8) is 0 Å². The highest BCUT2D eigenvalue weighted by Gasteiger charge is 1.99. The van der Waals surface area contributed by atoms with Crippen LogP contribution in [-0.2, 0) is 9.53 Å². The van der Waals surface area contributed by atoms with Crippen LogP contribution in [-0.4, -0.2) is 19.6 Å². The van der Waals surface area contributed by atoms with Crippen molar-refractivity contribution in [2.75, 3.05) is 13.7 Å². The Morgan fingerprint density at radius 1 is 0.609 bits per heavy atom. The molecule has 0 aliphatic rings. The van der Waals surface area contributed by atoms with E-state index in [1.807, 2.05) is 0 Å². The zero-order valence-electron chi connectivity index (χ0n) is 15.6. The number of hydrogen-bond acceptors (Lipinski definition) is 3. The van der Waals surface area contributed by atoms with Crippen LogP contribution in [0, 0.1) is 0 Å². The second-order valence-corrected chi connectivity index (χ2v) is 6.77. The van der Waals surface area contributed by atoms with E-state index in [1.165, 1.54) is 103 Å². The number of ether oxygens (including phenoxy) is 1. The Hall–Kier alpha value is -0.570. The summed E-state index contributed by atoms with van der Waals surface area (Å²) >= 11 is 0. The maximum Gasteiger partial charge on any atom is 0.305 e. The number of hydrogen-bond donors (Lipinski definition) is 1. The number of carbonyl (C=O) groups excluding carboxylic acids is 1. The van der Waals surface area contributed by atoms with Gasteiger partial charge in [-0.25, -0.2) is 0 Å². The van der Waals surface area contributed by atoms with Crippen molar-refractivity contribution in [3.05, 3.63) is 0 Å². The lowest BCUT2D eigenvalue weighted by molar-refractivity contribution is -0.140. The van der Waals surface area contributed by atoms with E-state index in [2.05, 4.69) is 4.74 Å². The van der Waals surface area contributed by atoms with E-state index in [1.54, 1.807) is 0 Å². The van der Waals surface area contributed by atoms with E-state index in [9.17, 15) is 4.79 Å². The molecule has 0 rings (SSSR count). The van der Waals surface area contributed by atoms with Crippen molar-refractivity contribution in [1.29, 1.82) is 0 Å². The molecule has 0 aromatic heterocycles. The van der Waals surface area contributed by atoms with Crippen molar-refractivity contribution in [2.45, 2.75) is 109 Å². The van der Waals surface area contributed by atoms with E-state index >= 15 is 0 Å². The summed E-state index contributed by atoms with van der Waals surface area (Å²) in [6.45, 7) is 0.855. The van der Waals surface area contributed by atoms with Crippen LogP contribution in [0.4, 0.5) is 0 Å². The summed E-state index contributed by atoms with van der Waals surface area (Å²) in [4.78, 5) is 10.9. The molecule has 0 spiro atoms. The Morgan fingerprint density at radius 2 is 0.913 bits per heavy atom. The van der Waals surface area contributed by atoms with E-state index in [0.717, 1.165) is 13.0 Å². The van der Waals surface area contributed by atoms with E-state index < -0.39 is 0 Å². The molecule has 0 saturated carbocycles. The van der Waals surface area contributed by atoms with Gasteiger partial charge in [-0.1, -0.05) is 89.9 Å². The molecular weight excluding hydrogens is 286 g/mol. The van der Waals surface area contributed by atoms with Crippen LogP contribution >= 0.6 is 0 Å². The molecule has 0 heterocycles. The summed E-state index contributed by atoms with van der Waals surface area (Å²) in [6, 6.07) is 0. The summed E-state index contributed by atoms with van der Waals surface area (Å²) in [5.41, 5.74) is 5.49. The van der Waals surface area contributed by atoms with Crippen LogP contribution in [0.1, 0.15) is 109 Å². The first-order chi connectivity index (χ1) is 11.3. The normalized spacial score (nSPS) is 10.9. The van der Waals surface area contributed by atoms with Gasteiger partial charge in [0.15, 0.2) is 0 Å². The standard InChI is InChI=1S/C20H41NO2/c1-23-20(22)18-16-14-12-10-8-6-4-2-3-5-7-9-11-13-15-17-19-21/h2-19,21H2,1H3. The third kappa shape index (κ3) is 19.4. The number of methoxy groups -OCH3 is 1. The van der Waals surface area contributed by atoms with E-state index in [-0.39, 0.29) is 5.97 Å². The summed E-state index contributed by atoms with van der Waals surface area (Å²) in [5.74, 6) is -0.0689. The van der Waals surface area contributed by atoms with E-state index in [4.69, 9.17) is 5.73 Å². The third-order valence-corrected chi connectivity index (χ3v) is 4.56. The van der Waals surface area contributed by atoms with Crippen molar-refractivity contribution in [3.8, 4) is 0 Å². The van der Waals surface area contributed by atoms with Gasteiger partial charge in [0.25, 0.3) is 0 Å². The molecule has 0 atom stereocenters. The minimum absolute atomic E-state index is 0.0689. The average Bonchev–Trinajstić information content (AvgIpc) is 2.57. The topological polar surface area (TPSA) is 52.3 Å². The van der Waals surface area contributed by atoms with Gasteiger partial charge in [-0.15, -0.1) is 0 Å². The Bertz CT molecular complexity index is 244. The molecule has 2 N–H and O–H groups in total. The molecule has 0 saturated heterocycles. The summed E-state index contributed by atoms with van der Waals surface area (Å²) < 4.78 is 4.64. The Balaban J connectivity index is 2.99. The number of unbranched alkanes of at least 4 members (excludes halogenated alkanes) is 15. The van der Waals surface area contributed by atoms with Gasteiger partial charge in [-0.05, 0) is 19.4 Å². The zero-order valence-corrected chi connectivity index (χ0v) is 15.6. The predicted molar refractivity (Wildman–Crippen MR) is 99.6 cm³/mol. The summed E-state index contributed by atoms with van der Waals surface area (Å²) in [6.07, 6.45) is 21.8. The fourth-order valence-corrected chi connectivity index (χ4v) is 2.99. The molecule has 0 bridgehead atoms. The second kappa shape index (κ2) is 19.5. The van der Waals surface area contributed by atoms with Crippen molar-refractivity contribution < 1.29 is 9.53 Å². The number of rotatable bonds is 18. The van der Waals surface area contributed by atoms with Crippen LogP contribution < -0.4 is 5.73 Å². The molecule has 0 aliphatic heterocycles. The fraction of sp³-hybridized carbons (Fsp3) is 0.950. The number of esters is 1.